The van der Waals surface area contributed by atoms with Gasteiger partial charge >= 0.3 is 0 Å². The van der Waals surface area contributed by atoms with Gasteiger partial charge in [0.25, 0.3) is 5.91 Å². The molecule has 4 aromatic rings. The summed E-state index contributed by atoms with van der Waals surface area (Å²) in [5, 5.41) is 9.22. The molecule has 0 unspecified atom stereocenters. The van der Waals surface area contributed by atoms with E-state index in [0.29, 0.717) is 80.1 Å². The van der Waals surface area contributed by atoms with Gasteiger partial charge in [-0.2, -0.15) is 8.99 Å². The zero-order chi connectivity index (χ0) is 27.0. The SMILES string of the molecule is O=C(c1ccc(S(=O)(=O)N2CCOCC2)cc1)N1CCN(c2ncnc3c2nnn3-c2ccc(Cl)cc2)CC1. The summed E-state index contributed by atoms with van der Waals surface area (Å²) in [5.41, 5.74) is 2.38. The lowest BCUT2D eigenvalue weighted by Crippen LogP contribution is -2.49. The molecule has 2 aliphatic rings. The number of hydrogen-bond donors (Lipinski definition) is 0. The Labute approximate surface area is 229 Å². The first-order valence-corrected chi connectivity index (χ1v) is 14.3. The second-order valence-corrected chi connectivity index (χ2v) is 11.5. The van der Waals surface area contributed by atoms with Crippen LogP contribution in [0.1, 0.15) is 10.4 Å². The number of hydrogen-bond acceptors (Lipinski definition) is 9. The number of sulfonamides is 1. The number of rotatable bonds is 5. The molecular formula is C25H25ClN8O4S. The van der Waals surface area contributed by atoms with Gasteiger partial charge in [-0.3, -0.25) is 4.79 Å². The molecule has 2 aliphatic heterocycles. The second-order valence-electron chi connectivity index (χ2n) is 9.17. The Kier molecular flexibility index (Phi) is 6.89. The number of carbonyl (C=O) groups is 1. The number of amides is 1. The van der Waals surface area contributed by atoms with Gasteiger partial charge in [0.2, 0.25) is 10.0 Å². The van der Waals surface area contributed by atoms with Crippen molar-refractivity contribution in [2.75, 3.05) is 57.4 Å². The number of anilines is 1. The van der Waals surface area contributed by atoms with Gasteiger partial charge < -0.3 is 14.5 Å². The highest BCUT2D eigenvalue weighted by Gasteiger charge is 2.28. The van der Waals surface area contributed by atoms with Gasteiger partial charge in [-0.25, -0.2) is 18.4 Å². The number of halogens is 1. The van der Waals surface area contributed by atoms with Crippen LogP contribution in [-0.2, 0) is 14.8 Å². The van der Waals surface area contributed by atoms with Crippen molar-refractivity contribution in [2.45, 2.75) is 4.90 Å². The van der Waals surface area contributed by atoms with Crippen molar-refractivity contribution in [2.24, 2.45) is 0 Å². The Bertz CT molecular complexity index is 1600. The van der Waals surface area contributed by atoms with E-state index in [2.05, 4.69) is 25.2 Å². The molecular weight excluding hydrogens is 544 g/mol. The number of fused-ring (bicyclic) bond motifs is 1. The molecule has 0 N–H and O–H groups in total. The van der Waals surface area contributed by atoms with Crippen LogP contribution in [0.2, 0.25) is 5.02 Å². The predicted octanol–water partition coefficient (Wildman–Crippen LogP) is 1.85. The molecule has 2 aromatic heterocycles. The van der Waals surface area contributed by atoms with Gasteiger partial charge in [0.05, 0.1) is 23.8 Å². The lowest BCUT2D eigenvalue weighted by atomic mass is 10.2. The van der Waals surface area contributed by atoms with Crippen molar-refractivity contribution in [3.8, 4) is 5.69 Å². The van der Waals surface area contributed by atoms with Gasteiger partial charge in [0.1, 0.15) is 6.33 Å². The Morgan fingerprint density at radius 2 is 1.56 bits per heavy atom. The predicted molar refractivity (Wildman–Crippen MR) is 144 cm³/mol. The largest absolute Gasteiger partial charge is 0.379 e. The molecule has 6 rings (SSSR count). The van der Waals surface area contributed by atoms with Crippen LogP contribution >= 0.6 is 11.6 Å². The summed E-state index contributed by atoms with van der Waals surface area (Å²) < 4.78 is 34.0. The summed E-state index contributed by atoms with van der Waals surface area (Å²) in [6, 6.07) is 13.4. The van der Waals surface area contributed by atoms with Crippen LogP contribution in [0.3, 0.4) is 0 Å². The minimum absolute atomic E-state index is 0.147. The topological polar surface area (TPSA) is 127 Å². The molecule has 14 heteroatoms. The van der Waals surface area contributed by atoms with Crippen LogP contribution < -0.4 is 4.90 Å². The molecule has 202 valence electrons. The highest BCUT2D eigenvalue weighted by Crippen LogP contribution is 2.25. The minimum Gasteiger partial charge on any atom is -0.379 e. The van der Waals surface area contributed by atoms with Gasteiger partial charge in [-0.05, 0) is 48.5 Å². The van der Waals surface area contributed by atoms with Gasteiger partial charge in [0.15, 0.2) is 17.0 Å². The Morgan fingerprint density at radius 1 is 0.872 bits per heavy atom. The third-order valence-electron chi connectivity index (χ3n) is 6.87. The van der Waals surface area contributed by atoms with E-state index >= 15 is 0 Å². The van der Waals surface area contributed by atoms with Crippen LogP contribution in [0.5, 0.6) is 0 Å². The van der Waals surface area contributed by atoms with Gasteiger partial charge in [-0.1, -0.05) is 16.8 Å². The highest BCUT2D eigenvalue weighted by atomic mass is 35.5. The molecule has 0 spiro atoms. The number of ether oxygens (including phenoxy) is 1. The second kappa shape index (κ2) is 10.5. The standard InChI is InChI=1S/C25H25ClN8O4S/c26-19-3-5-20(6-4-19)34-24-22(29-30-34)23(27-17-28-24)31-9-11-32(12-10-31)25(35)18-1-7-21(8-2-18)39(36,37)33-13-15-38-16-14-33/h1-8,17H,9-16H2. The summed E-state index contributed by atoms with van der Waals surface area (Å²) >= 11 is 6.01. The van der Waals surface area contributed by atoms with E-state index in [9.17, 15) is 13.2 Å². The third kappa shape index (κ3) is 4.93. The fraction of sp³-hybridized carbons (Fsp3) is 0.320. The number of morpholine rings is 1. The molecule has 2 saturated heterocycles. The molecule has 0 aliphatic carbocycles. The van der Waals surface area contributed by atoms with E-state index in [1.807, 2.05) is 12.1 Å². The van der Waals surface area contributed by atoms with E-state index in [1.165, 1.54) is 22.8 Å². The molecule has 0 saturated carbocycles. The fourth-order valence-corrected chi connectivity index (χ4v) is 6.27. The van der Waals surface area contributed by atoms with Crippen LogP contribution in [0.4, 0.5) is 5.82 Å². The summed E-state index contributed by atoms with van der Waals surface area (Å²) in [6.07, 6.45) is 1.48. The van der Waals surface area contributed by atoms with E-state index in [4.69, 9.17) is 16.3 Å². The van der Waals surface area contributed by atoms with Crippen LogP contribution in [0, 0.1) is 0 Å². The molecule has 12 nitrogen and oxygen atoms in total. The van der Waals surface area contributed by atoms with Crippen molar-refractivity contribution in [3.63, 3.8) is 0 Å². The molecule has 0 bridgehead atoms. The van der Waals surface area contributed by atoms with Crippen LogP contribution in [0.25, 0.3) is 16.9 Å². The molecule has 0 atom stereocenters. The van der Waals surface area contributed by atoms with E-state index in [-0.39, 0.29) is 10.8 Å². The van der Waals surface area contributed by atoms with E-state index < -0.39 is 10.0 Å². The quantitative estimate of drug-likeness (QED) is 0.354. The Hall–Kier alpha value is -3.65. The highest BCUT2D eigenvalue weighted by molar-refractivity contribution is 7.89. The summed E-state index contributed by atoms with van der Waals surface area (Å²) in [4.78, 5) is 26.0. The zero-order valence-electron chi connectivity index (χ0n) is 20.8. The van der Waals surface area contributed by atoms with Crippen molar-refractivity contribution in [1.82, 2.24) is 34.2 Å². The van der Waals surface area contributed by atoms with Crippen molar-refractivity contribution < 1.29 is 17.9 Å². The minimum atomic E-state index is -3.61. The fourth-order valence-electron chi connectivity index (χ4n) is 4.73. The average Bonchev–Trinajstić information content (AvgIpc) is 3.42. The monoisotopic (exact) mass is 568 g/mol. The lowest BCUT2D eigenvalue weighted by molar-refractivity contribution is 0.0730. The van der Waals surface area contributed by atoms with Crippen LogP contribution in [0.15, 0.2) is 59.8 Å². The maximum atomic E-state index is 13.2. The summed E-state index contributed by atoms with van der Waals surface area (Å²) in [6.45, 7) is 3.45. The zero-order valence-corrected chi connectivity index (χ0v) is 22.4. The Balaban J connectivity index is 1.14. The van der Waals surface area contributed by atoms with Crippen molar-refractivity contribution >= 4 is 44.5 Å². The van der Waals surface area contributed by atoms with Crippen LogP contribution in [-0.4, -0.2) is 101 Å². The number of piperazine rings is 1. The molecule has 2 aromatic carbocycles. The third-order valence-corrected chi connectivity index (χ3v) is 9.03. The molecule has 2 fully saturated rings. The van der Waals surface area contributed by atoms with E-state index in [0.717, 1.165) is 5.69 Å². The first-order chi connectivity index (χ1) is 18.9. The maximum Gasteiger partial charge on any atom is 0.253 e. The Morgan fingerprint density at radius 3 is 2.26 bits per heavy atom. The first-order valence-electron chi connectivity index (χ1n) is 12.5. The van der Waals surface area contributed by atoms with Crippen molar-refractivity contribution in [1.29, 1.82) is 0 Å². The molecule has 39 heavy (non-hydrogen) atoms. The number of nitrogens with zero attached hydrogens (tertiary/aromatic N) is 8. The molecule has 4 heterocycles. The summed E-state index contributed by atoms with van der Waals surface area (Å²) in [7, 11) is -3.61. The normalized spacial score (nSPS) is 17.1. The number of benzene rings is 2. The van der Waals surface area contributed by atoms with Gasteiger partial charge in [-0.15, -0.1) is 5.10 Å². The maximum absolute atomic E-state index is 13.2. The van der Waals surface area contributed by atoms with Gasteiger partial charge in [0, 0.05) is 49.9 Å². The van der Waals surface area contributed by atoms with Crippen molar-refractivity contribution in [3.05, 3.63) is 65.4 Å². The smallest absolute Gasteiger partial charge is 0.253 e. The summed E-state index contributed by atoms with van der Waals surface area (Å²) in [5.74, 6) is 0.511. The molecule has 1 amide bonds. The number of aromatic nitrogens is 5. The lowest BCUT2D eigenvalue weighted by Gasteiger charge is -2.35. The van der Waals surface area contributed by atoms with E-state index in [1.54, 1.807) is 33.8 Å². The average molecular weight is 569 g/mol. The first kappa shape index (κ1) is 25.6. The molecule has 0 radical (unpaired) electrons. The number of carbonyl (C=O) groups excluding carboxylic acids is 1.